The van der Waals surface area contributed by atoms with Gasteiger partial charge in [-0.1, -0.05) is 13.3 Å². The molecule has 1 aromatic rings. The van der Waals surface area contributed by atoms with E-state index in [2.05, 4.69) is 20.3 Å². The number of nitrogens with one attached hydrogen (secondary N) is 1. The first-order chi connectivity index (χ1) is 7.31. The summed E-state index contributed by atoms with van der Waals surface area (Å²) in [6.07, 6.45) is 4.79. The molecule has 0 aliphatic carbocycles. The van der Waals surface area contributed by atoms with Crippen LogP contribution in [0.2, 0.25) is 0 Å². The Morgan fingerprint density at radius 3 is 3.07 bits per heavy atom. The Kier molecular flexibility index (Phi) is 2.71. The van der Waals surface area contributed by atoms with E-state index in [0.29, 0.717) is 11.5 Å². The molecule has 1 aliphatic heterocycles. The van der Waals surface area contributed by atoms with Crippen LogP contribution in [0.1, 0.15) is 25.5 Å². The molecule has 1 aromatic heterocycles. The first-order valence-electron chi connectivity index (χ1n) is 4.96. The zero-order chi connectivity index (χ0) is 10.7. The second-order valence-corrected chi connectivity index (χ2v) is 3.37. The van der Waals surface area contributed by atoms with Crippen LogP contribution < -0.4 is 5.32 Å². The van der Waals surface area contributed by atoms with Gasteiger partial charge in [0.25, 0.3) is 0 Å². The van der Waals surface area contributed by atoms with E-state index in [-0.39, 0.29) is 11.9 Å². The normalized spacial score (nSPS) is 19.9. The van der Waals surface area contributed by atoms with Crippen molar-refractivity contribution in [1.82, 2.24) is 15.3 Å². The predicted octanol–water partition coefficient (Wildman–Crippen LogP) is 0.522. The summed E-state index contributed by atoms with van der Waals surface area (Å²) in [6.45, 7) is 2.03. The van der Waals surface area contributed by atoms with Crippen molar-refractivity contribution in [1.29, 1.82) is 0 Å². The maximum absolute atomic E-state index is 11.5. The molecule has 5 heteroatoms. The highest BCUT2D eigenvalue weighted by Gasteiger charge is 2.26. The number of hydrogen-bond acceptors (Lipinski definition) is 4. The zero-order valence-corrected chi connectivity index (χ0v) is 8.47. The highest BCUT2D eigenvalue weighted by Crippen LogP contribution is 2.10. The van der Waals surface area contributed by atoms with Crippen molar-refractivity contribution in [2.75, 3.05) is 0 Å². The number of hydrogen-bond donors (Lipinski definition) is 1. The summed E-state index contributed by atoms with van der Waals surface area (Å²) < 4.78 is 0. The minimum Gasteiger partial charge on any atom is -0.307 e. The summed E-state index contributed by atoms with van der Waals surface area (Å²) in [6, 6.07) is 1.48. The summed E-state index contributed by atoms with van der Waals surface area (Å²) in [4.78, 5) is 23.6. The molecule has 2 rings (SSSR count). The van der Waals surface area contributed by atoms with E-state index in [1.54, 1.807) is 12.3 Å². The zero-order valence-electron chi connectivity index (χ0n) is 8.47. The van der Waals surface area contributed by atoms with Crippen molar-refractivity contribution >= 4 is 11.7 Å². The standard InChI is InChI=1S/C10H12N4O/c1-2-3-8-10(15)14-9(13-8)7-4-5-11-6-12-7/h4-6,8H,2-3H2,1H3,(H,13,14,15). The Hall–Kier alpha value is -1.78. The van der Waals surface area contributed by atoms with E-state index in [9.17, 15) is 4.79 Å². The molecule has 1 unspecified atom stereocenters. The van der Waals surface area contributed by atoms with Crippen LogP contribution in [-0.2, 0) is 4.79 Å². The molecule has 15 heavy (non-hydrogen) atoms. The molecule has 0 fully saturated rings. The third-order valence-electron chi connectivity index (χ3n) is 2.22. The van der Waals surface area contributed by atoms with Gasteiger partial charge in [0.1, 0.15) is 18.1 Å². The highest BCUT2D eigenvalue weighted by molar-refractivity contribution is 6.12. The Labute approximate surface area is 87.7 Å². The predicted molar refractivity (Wildman–Crippen MR) is 55.4 cm³/mol. The van der Waals surface area contributed by atoms with Gasteiger partial charge in [0.2, 0.25) is 5.91 Å². The lowest BCUT2D eigenvalue weighted by atomic mass is 10.2. The van der Waals surface area contributed by atoms with Crippen molar-refractivity contribution in [2.24, 2.45) is 4.99 Å². The molecule has 1 aliphatic rings. The van der Waals surface area contributed by atoms with Crippen LogP contribution in [0, 0.1) is 0 Å². The number of aromatic nitrogens is 2. The van der Waals surface area contributed by atoms with Crippen LogP contribution in [0.15, 0.2) is 23.6 Å². The van der Waals surface area contributed by atoms with Crippen molar-refractivity contribution in [3.63, 3.8) is 0 Å². The second-order valence-electron chi connectivity index (χ2n) is 3.37. The molecule has 1 atom stereocenters. The van der Waals surface area contributed by atoms with Crippen molar-refractivity contribution < 1.29 is 4.79 Å². The summed E-state index contributed by atoms with van der Waals surface area (Å²) >= 11 is 0. The van der Waals surface area contributed by atoms with Crippen LogP contribution in [0.4, 0.5) is 0 Å². The summed E-state index contributed by atoms with van der Waals surface area (Å²) in [5.74, 6) is 0.520. The Bertz CT molecular complexity index is 388. The third-order valence-corrected chi connectivity index (χ3v) is 2.22. The fourth-order valence-corrected chi connectivity index (χ4v) is 1.48. The fourth-order valence-electron chi connectivity index (χ4n) is 1.48. The first kappa shape index (κ1) is 9.76. The smallest absolute Gasteiger partial charge is 0.250 e. The van der Waals surface area contributed by atoms with Gasteiger partial charge in [0.15, 0.2) is 5.84 Å². The molecule has 1 amide bonds. The SMILES string of the molecule is CCCC1N=C(c2ccncn2)NC1=O. The average Bonchev–Trinajstić information content (AvgIpc) is 2.63. The van der Waals surface area contributed by atoms with Crippen LogP contribution >= 0.6 is 0 Å². The number of aliphatic imine (C=N–C) groups is 1. The number of amides is 1. The lowest BCUT2D eigenvalue weighted by molar-refractivity contribution is -0.120. The van der Waals surface area contributed by atoms with Crippen molar-refractivity contribution in [3.05, 3.63) is 24.3 Å². The molecule has 0 saturated carbocycles. The Morgan fingerprint density at radius 1 is 1.53 bits per heavy atom. The number of nitrogens with zero attached hydrogens (tertiary/aromatic N) is 3. The van der Waals surface area contributed by atoms with Crippen LogP contribution in [0.5, 0.6) is 0 Å². The first-order valence-corrected chi connectivity index (χ1v) is 4.96. The van der Waals surface area contributed by atoms with Gasteiger partial charge in [-0.05, 0) is 12.5 Å². The Morgan fingerprint density at radius 2 is 2.40 bits per heavy atom. The topological polar surface area (TPSA) is 67.2 Å². The molecule has 0 aromatic carbocycles. The van der Waals surface area contributed by atoms with E-state index < -0.39 is 0 Å². The van der Waals surface area contributed by atoms with Crippen LogP contribution in [0.3, 0.4) is 0 Å². The fraction of sp³-hybridized carbons (Fsp3) is 0.400. The van der Waals surface area contributed by atoms with E-state index in [0.717, 1.165) is 12.8 Å². The monoisotopic (exact) mass is 204 g/mol. The third kappa shape index (κ3) is 2.01. The lowest BCUT2D eigenvalue weighted by Crippen LogP contribution is -2.29. The molecule has 0 saturated heterocycles. The molecular formula is C10H12N4O. The van der Waals surface area contributed by atoms with Crippen molar-refractivity contribution in [3.8, 4) is 0 Å². The van der Waals surface area contributed by atoms with Gasteiger partial charge in [-0.2, -0.15) is 0 Å². The summed E-state index contributed by atoms with van der Waals surface area (Å²) in [5.41, 5.74) is 0.664. The van der Waals surface area contributed by atoms with Gasteiger partial charge in [0.05, 0.1) is 0 Å². The summed E-state index contributed by atoms with van der Waals surface area (Å²) in [5, 5.41) is 2.73. The van der Waals surface area contributed by atoms with Gasteiger partial charge in [-0.3, -0.25) is 9.79 Å². The Balaban J connectivity index is 2.19. The number of rotatable bonds is 3. The number of carbonyl (C=O) groups is 1. The number of carbonyl (C=O) groups excluding carboxylic acids is 1. The molecule has 0 spiro atoms. The van der Waals surface area contributed by atoms with E-state index in [1.165, 1.54) is 6.33 Å². The van der Waals surface area contributed by atoms with Gasteiger partial charge in [0, 0.05) is 6.20 Å². The van der Waals surface area contributed by atoms with E-state index >= 15 is 0 Å². The second kappa shape index (κ2) is 4.16. The molecule has 0 bridgehead atoms. The summed E-state index contributed by atoms with van der Waals surface area (Å²) in [7, 11) is 0. The van der Waals surface area contributed by atoms with Gasteiger partial charge < -0.3 is 5.32 Å². The minimum atomic E-state index is -0.250. The highest BCUT2D eigenvalue weighted by atomic mass is 16.2. The van der Waals surface area contributed by atoms with Gasteiger partial charge in [-0.15, -0.1) is 0 Å². The van der Waals surface area contributed by atoms with E-state index in [4.69, 9.17) is 0 Å². The lowest BCUT2D eigenvalue weighted by Gasteiger charge is -1.99. The minimum absolute atomic E-state index is 0.0366. The maximum Gasteiger partial charge on any atom is 0.250 e. The molecular weight excluding hydrogens is 192 g/mol. The van der Waals surface area contributed by atoms with Gasteiger partial charge in [-0.25, -0.2) is 9.97 Å². The van der Waals surface area contributed by atoms with E-state index in [1.807, 2.05) is 6.92 Å². The maximum atomic E-state index is 11.5. The molecule has 2 heterocycles. The molecule has 78 valence electrons. The van der Waals surface area contributed by atoms with Crippen molar-refractivity contribution in [2.45, 2.75) is 25.8 Å². The van der Waals surface area contributed by atoms with Crippen LogP contribution in [0.25, 0.3) is 0 Å². The quantitative estimate of drug-likeness (QED) is 0.780. The van der Waals surface area contributed by atoms with Crippen LogP contribution in [-0.4, -0.2) is 27.8 Å². The molecule has 0 radical (unpaired) electrons. The molecule has 1 N–H and O–H groups in total. The van der Waals surface area contributed by atoms with Gasteiger partial charge >= 0.3 is 0 Å². The number of amidine groups is 1. The molecule has 5 nitrogen and oxygen atoms in total. The average molecular weight is 204 g/mol. The largest absolute Gasteiger partial charge is 0.307 e.